The number of hydrogen-bond acceptors (Lipinski definition) is 6. The third-order valence-corrected chi connectivity index (χ3v) is 6.70. The highest BCUT2D eigenvalue weighted by Crippen LogP contribution is 2.24. The van der Waals surface area contributed by atoms with Crippen molar-refractivity contribution in [1.29, 1.82) is 0 Å². The summed E-state index contributed by atoms with van der Waals surface area (Å²) in [6, 6.07) is 18.1. The van der Waals surface area contributed by atoms with E-state index in [1.807, 2.05) is 60.7 Å². The van der Waals surface area contributed by atoms with Crippen molar-refractivity contribution < 1.29 is 22.7 Å². The van der Waals surface area contributed by atoms with E-state index < -0.39 is 34.4 Å². The third kappa shape index (κ3) is 5.00. The minimum Gasteiger partial charge on any atom is -0.452 e. The predicted octanol–water partition coefficient (Wildman–Crippen LogP) is 2.00. The quantitative estimate of drug-likeness (QED) is 0.589. The molecule has 0 unspecified atom stereocenters. The number of ether oxygens (including phenoxy) is 1. The van der Waals surface area contributed by atoms with Crippen LogP contribution in [0.15, 0.2) is 66.9 Å². The fourth-order valence-corrected chi connectivity index (χ4v) is 5.11. The highest BCUT2D eigenvalue weighted by atomic mass is 32.2. The van der Waals surface area contributed by atoms with Crippen LogP contribution in [0.3, 0.4) is 0 Å². The first-order chi connectivity index (χ1) is 14.9. The fraction of sp³-hybridized carbons (Fsp3) is 0.227. The van der Waals surface area contributed by atoms with Crippen molar-refractivity contribution in [3.05, 3.63) is 72.4 Å². The molecule has 8 nitrogen and oxygen atoms in total. The number of sulfone groups is 1. The zero-order valence-corrected chi connectivity index (χ0v) is 17.4. The van der Waals surface area contributed by atoms with Gasteiger partial charge in [-0.15, -0.1) is 0 Å². The molecule has 3 aromatic rings. The topological polar surface area (TPSA) is 107 Å². The number of benzene rings is 2. The number of aromatic nitrogens is 2. The van der Waals surface area contributed by atoms with Crippen LogP contribution in [-0.4, -0.2) is 54.2 Å². The van der Waals surface area contributed by atoms with E-state index in [9.17, 15) is 18.0 Å². The fourth-order valence-electron chi connectivity index (χ4n) is 3.43. The number of para-hydroxylation sites is 1. The predicted molar refractivity (Wildman–Crippen MR) is 114 cm³/mol. The van der Waals surface area contributed by atoms with Crippen LogP contribution < -0.4 is 5.32 Å². The number of carbonyl (C=O) groups excluding carboxylic acids is 2. The number of nitrogens with one attached hydrogen (secondary N) is 1. The molecule has 4 rings (SSSR count). The first kappa shape index (κ1) is 20.8. The van der Waals surface area contributed by atoms with Gasteiger partial charge in [0.15, 0.2) is 16.4 Å². The van der Waals surface area contributed by atoms with Crippen LogP contribution in [0.2, 0.25) is 0 Å². The summed E-state index contributed by atoms with van der Waals surface area (Å²) in [6.45, 7) is -0.500. The highest BCUT2D eigenvalue weighted by Gasteiger charge is 2.29. The minimum atomic E-state index is -3.11. The second kappa shape index (κ2) is 8.73. The number of hydrogen-bond donors (Lipinski definition) is 1. The Morgan fingerprint density at radius 2 is 1.74 bits per heavy atom. The third-order valence-electron chi connectivity index (χ3n) is 4.93. The van der Waals surface area contributed by atoms with Gasteiger partial charge in [-0.1, -0.05) is 48.5 Å². The van der Waals surface area contributed by atoms with E-state index in [2.05, 4.69) is 10.4 Å². The maximum Gasteiger partial charge on any atom is 0.342 e. The van der Waals surface area contributed by atoms with E-state index in [0.29, 0.717) is 12.1 Å². The molecule has 1 fully saturated rings. The maximum absolute atomic E-state index is 12.8. The maximum atomic E-state index is 12.8. The Labute approximate surface area is 179 Å². The molecule has 31 heavy (non-hydrogen) atoms. The molecule has 2 heterocycles. The van der Waals surface area contributed by atoms with E-state index in [0.717, 1.165) is 11.3 Å². The normalized spacial score (nSPS) is 17.2. The SMILES string of the molecule is O=C(COC(=O)c1cn(-c2ccccc2)nc1-c1ccccc1)N[C@@H]1CCS(=O)(=O)C1. The Bertz CT molecular complexity index is 1190. The molecular formula is C22H21N3O5S. The number of esters is 1. The summed E-state index contributed by atoms with van der Waals surface area (Å²) in [5.41, 5.74) is 2.19. The van der Waals surface area contributed by atoms with Crippen molar-refractivity contribution in [2.24, 2.45) is 0 Å². The molecule has 1 aliphatic rings. The molecule has 0 bridgehead atoms. The van der Waals surface area contributed by atoms with Crippen molar-refractivity contribution in [3.8, 4) is 16.9 Å². The molecule has 1 N–H and O–H groups in total. The summed E-state index contributed by atoms with van der Waals surface area (Å²) in [4.78, 5) is 24.9. The smallest absolute Gasteiger partial charge is 0.342 e. The lowest BCUT2D eigenvalue weighted by atomic mass is 10.1. The first-order valence-electron chi connectivity index (χ1n) is 9.79. The molecule has 0 aliphatic carbocycles. The molecule has 0 spiro atoms. The number of amides is 1. The summed E-state index contributed by atoms with van der Waals surface area (Å²) in [7, 11) is -3.11. The average Bonchev–Trinajstić information content (AvgIpc) is 3.37. The van der Waals surface area contributed by atoms with Crippen molar-refractivity contribution in [3.63, 3.8) is 0 Å². The Hall–Kier alpha value is -3.46. The van der Waals surface area contributed by atoms with Crippen LogP contribution in [0.4, 0.5) is 0 Å². The molecule has 1 amide bonds. The van der Waals surface area contributed by atoms with E-state index in [-0.39, 0.29) is 17.1 Å². The lowest BCUT2D eigenvalue weighted by molar-refractivity contribution is -0.124. The number of rotatable bonds is 6. The van der Waals surface area contributed by atoms with Crippen LogP contribution in [0.25, 0.3) is 16.9 Å². The van der Waals surface area contributed by atoms with Gasteiger partial charge in [0, 0.05) is 17.8 Å². The van der Waals surface area contributed by atoms with Gasteiger partial charge in [0.25, 0.3) is 5.91 Å². The van der Waals surface area contributed by atoms with Crippen LogP contribution in [0.5, 0.6) is 0 Å². The molecule has 0 radical (unpaired) electrons. The standard InChI is InChI=1S/C22H21N3O5S/c26-20(23-17-11-12-31(28,29)15-17)14-30-22(27)19-13-25(18-9-5-2-6-10-18)24-21(19)16-7-3-1-4-8-16/h1-10,13,17H,11-12,14-15H2,(H,23,26)/t17-/m1/s1. The summed E-state index contributed by atoms with van der Waals surface area (Å²) in [5.74, 6) is -1.26. The van der Waals surface area contributed by atoms with Crippen molar-refractivity contribution in [1.82, 2.24) is 15.1 Å². The molecule has 0 saturated carbocycles. The zero-order chi connectivity index (χ0) is 21.8. The Kier molecular flexibility index (Phi) is 5.85. The Morgan fingerprint density at radius 1 is 1.06 bits per heavy atom. The molecule has 2 aromatic carbocycles. The van der Waals surface area contributed by atoms with Crippen LogP contribution >= 0.6 is 0 Å². The molecule has 1 atom stereocenters. The zero-order valence-electron chi connectivity index (χ0n) is 16.6. The van der Waals surface area contributed by atoms with Gasteiger partial charge in [0.1, 0.15) is 11.3 Å². The highest BCUT2D eigenvalue weighted by molar-refractivity contribution is 7.91. The van der Waals surface area contributed by atoms with Crippen LogP contribution in [0.1, 0.15) is 16.8 Å². The summed E-state index contributed by atoms with van der Waals surface area (Å²) in [5, 5.41) is 7.15. The second-order valence-electron chi connectivity index (χ2n) is 7.28. The van der Waals surface area contributed by atoms with E-state index in [1.54, 1.807) is 10.9 Å². The average molecular weight is 439 g/mol. The number of nitrogens with zero attached hydrogens (tertiary/aromatic N) is 2. The first-order valence-corrected chi connectivity index (χ1v) is 11.6. The summed E-state index contributed by atoms with van der Waals surface area (Å²) < 4.78 is 29.8. The van der Waals surface area contributed by atoms with Gasteiger partial charge in [-0.2, -0.15) is 5.10 Å². The summed E-state index contributed by atoms with van der Waals surface area (Å²) in [6.07, 6.45) is 1.94. The Balaban J connectivity index is 1.50. The lowest BCUT2D eigenvalue weighted by Crippen LogP contribution is -2.38. The van der Waals surface area contributed by atoms with Gasteiger partial charge in [-0.05, 0) is 18.6 Å². The lowest BCUT2D eigenvalue weighted by Gasteiger charge is -2.11. The van der Waals surface area contributed by atoms with Crippen LogP contribution in [-0.2, 0) is 19.4 Å². The van der Waals surface area contributed by atoms with Gasteiger partial charge in [0.2, 0.25) is 0 Å². The van der Waals surface area contributed by atoms with Crippen LogP contribution in [0, 0.1) is 0 Å². The molecule has 1 aromatic heterocycles. The van der Waals surface area contributed by atoms with Gasteiger partial charge in [-0.25, -0.2) is 17.9 Å². The van der Waals surface area contributed by atoms with E-state index >= 15 is 0 Å². The summed E-state index contributed by atoms with van der Waals surface area (Å²) >= 11 is 0. The van der Waals surface area contributed by atoms with E-state index in [4.69, 9.17) is 4.74 Å². The van der Waals surface area contributed by atoms with Gasteiger partial charge in [-0.3, -0.25) is 4.79 Å². The molecule has 9 heteroatoms. The Morgan fingerprint density at radius 3 is 2.39 bits per heavy atom. The monoisotopic (exact) mass is 439 g/mol. The van der Waals surface area contributed by atoms with E-state index in [1.165, 1.54) is 0 Å². The van der Waals surface area contributed by atoms with Gasteiger partial charge >= 0.3 is 5.97 Å². The number of carbonyl (C=O) groups is 2. The largest absolute Gasteiger partial charge is 0.452 e. The molecular weight excluding hydrogens is 418 g/mol. The van der Waals surface area contributed by atoms with Gasteiger partial charge < -0.3 is 10.1 Å². The van der Waals surface area contributed by atoms with Gasteiger partial charge in [0.05, 0.1) is 17.2 Å². The van der Waals surface area contributed by atoms with Crippen molar-refractivity contribution in [2.75, 3.05) is 18.1 Å². The van der Waals surface area contributed by atoms with Crippen molar-refractivity contribution >= 4 is 21.7 Å². The minimum absolute atomic E-state index is 0.0524. The molecule has 160 valence electrons. The molecule has 1 saturated heterocycles. The second-order valence-corrected chi connectivity index (χ2v) is 9.51. The molecule has 1 aliphatic heterocycles. The van der Waals surface area contributed by atoms with Crippen molar-refractivity contribution in [2.45, 2.75) is 12.5 Å².